The monoisotopic (exact) mass is 180 g/mol. The zero-order chi connectivity index (χ0) is 10.4. The molecular formula is C10H16N2O. The Hall–Kier alpha value is -1.51. The average Bonchev–Trinajstić information content (AvgIpc) is 1.95. The Balaban J connectivity index is 4.56. The predicted molar refractivity (Wildman–Crippen MR) is 54.9 cm³/mol. The van der Waals surface area contributed by atoms with Crippen LogP contribution in [-0.2, 0) is 4.79 Å². The summed E-state index contributed by atoms with van der Waals surface area (Å²) in [6, 6.07) is 0. The van der Waals surface area contributed by atoms with Crippen molar-refractivity contribution in [1.82, 2.24) is 4.90 Å². The van der Waals surface area contributed by atoms with E-state index in [9.17, 15) is 4.79 Å². The molecule has 0 spiro atoms. The number of nitrogens with two attached hydrogens (primary N) is 1. The summed E-state index contributed by atoms with van der Waals surface area (Å²) in [5.41, 5.74) is 6.27. The van der Waals surface area contributed by atoms with Crippen molar-refractivity contribution in [3.63, 3.8) is 0 Å². The van der Waals surface area contributed by atoms with E-state index in [2.05, 4.69) is 6.58 Å². The summed E-state index contributed by atoms with van der Waals surface area (Å²) in [5.74, 6) is -0.448. The number of carbonyl (C=O) groups is 1. The second kappa shape index (κ2) is 5.19. The number of rotatable bonds is 4. The Morgan fingerprint density at radius 3 is 2.31 bits per heavy atom. The van der Waals surface area contributed by atoms with Crippen LogP contribution in [0.2, 0.25) is 0 Å². The Kier molecular flexibility index (Phi) is 4.59. The van der Waals surface area contributed by atoms with Gasteiger partial charge in [0.05, 0.1) is 0 Å². The fourth-order valence-corrected chi connectivity index (χ4v) is 0.746. The molecule has 0 rings (SSSR count). The topological polar surface area (TPSA) is 46.3 Å². The second-order valence-electron chi connectivity index (χ2n) is 3.03. The van der Waals surface area contributed by atoms with Gasteiger partial charge in [0.1, 0.15) is 0 Å². The first-order valence-electron chi connectivity index (χ1n) is 3.95. The van der Waals surface area contributed by atoms with Gasteiger partial charge in [-0.15, -0.1) is 0 Å². The predicted octanol–water partition coefficient (Wildman–Crippen LogP) is 1.05. The molecule has 0 fully saturated rings. The first kappa shape index (κ1) is 11.5. The lowest BCUT2D eigenvalue weighted by molar-refractivity contribution is -0.114. The normalized spacial score (nSPS) is 11.8. The Morgan fingerprint density at radius 2 is 2.00 bits per heavy atom. The SMILES string of the molecule is C=C(C)/C(=C\C=C\N(C)C)C(N)=O. The Labute approximate surface area is 79.2 Å². The molecule has 0 saturated heterocycles. The van der Waals surface area contributed by atoms with Gasteiger partial charge in [-0.25, -0.2) is 0 Å². The molecule has 0 unspecified atom stereocenters. The summed E-state index contributed by atoms with van der Waals surface area (Å²) in [4.78, 5) is 12.7. The van der Waals surface area contributed by atoms with Gasteiger partial charge < -0.3 is 10.6 Å². The first-order valence-corrected chi connectivity index (χ1v) is 3.95. The summed E-state index contributed by atoms with van der Waals surface area (Å²) in [5, 5.41) is 0. The molecular weight excluding hydrogens is 164 g/mol. The number of nitrogens with zero attached hydrogens (tertiary/aromatic N) is 1. The van der Waals surface area contributed by atoms with E-state index in [0.29, 0.717) is 11.1 Å². The first-order chi connectivity index (χ1) is 5.95. The van der Waals surface area contributed by atoms with Crippen molar-refractivity contribution in [1.29, 1.82) is 0 Å². The van der Waals surface area contributed by atoms with Crippen molar-refractivity contribution in [3.05, 3.63) is 36.1 Å². The summed E-state index contributed by atoms with van der Waals surface area (Å²) in [6.45, 7) is 5.41. The highest BCUT2D eigenvalue weighted by atomic mass is 16.1. The molecule has 0 saturated carbocycles. The molecule has 0 heterocycles. The van der Waals surface area contributed by atoms with Gasteiger partial charge in [0.25, 0.3) is 0 Å². The third kappa shape index (κ3) is 4.85. The average molecular weight is 180 g/mol. The van der Waals surface area contributed by atoms with Gasteiger partial charge in [-0.3, -0.25) is 4.79 Å². The molecule has 3 nitrogen and oxygen atoms in total. The lowest BCUT2D eigenvalue weighted by atomic mass is 10.1. The van der Waals surface area contributed by atoms with Gasteiger partial charge in [0, 0.05) is 19.7 Å². The molecule has 0 aromatic carbocycles. The molecule has 3 heteroatoms. The van der Waals surface area contributed by atoms with Crippen LogP contribution in [0.5, 0.6) is 0 Å². The maximum atomic E-state index is 10.9. The Bertz CT molecular complexity index is 246. The van der Waals surface area contributed by atoms with E-state index in [-0.39, 0.29) is 0 Å². The van der Waals surface area contributed by atoms with Crippen LogP contribution in [0.15, 0.2) is 36.1 Å². The van der Waals surface area contributed by atoms with Crippen LogP contribution < -0.4 is 5.73 Å². The van der Waals surface area contributed by atoms with E-state index in [1.54, 1.807) is 19.1 Å². The third-order valence-electron chi connectivity index (χ3n) is 1.37. The van der Waals surface area contributed by atoms with E-state index >= 15 is 0 Å². The maximum Gasteiger partial charge on any atom is 0.248 e. The minimum absolute atomic E-state index is 0.448. The van der Waals surface area contributed by atoms with Crippen LogP contribution in [0, 0.1) is 0 Å². The van der Waals surface area contributed by atoms with Crippen LogP contribution in [0.1, 0.15) is 6.92 Å². The molecule has 2 N–H and O–H groups in total. The van der Waals surface area contributed by atoms with Crippen molar-refractivity contribution < 1.29 is 4.79 Å². The van der Waals surface area contributed by atoms with Crippen LogP contribution >= 0.6 is 0 Å². The van der Waals surface area contributed by atoms with E-state index in [4.69, 9.17) is 5.73 Å². The van der Waals surface area contributed by atoms with E-state index in [1.807, 2.05) is 25.2 Å². The summed E-state index contributed by atoms with van der Waals surface area (Å²) in [7, 11) is 3.80. The number of allylic oxidation sites excluding steroid dienone is 2. The molecule has 0 radical (unpaired) electrons. The fraction of sp³-hybridized carbons (Fsp3) is 0.300. The van der Waals surface area contributed by atoms with Crippen molar-refractivity contribution in [2.24, 2.45) is 5.73 Å². The van der Waals surface area contributed by atoms with Crippen molar-refractivity contribution in [3.8, 4) is 0 Å². The molecule has 0 aliphatic carbocycles. The van der Waals surface area contributed by atoms with Gasteiger partial charge in [-0.1, -0.05) is 6.58 Å². The van der Waals surface area contributed by atoms with Crippen molar-refractivity contribution in [2.45, 2.75) is 6.92 Å². The highest BCUT2D eigenvalue weighted by Crippen LogP contribution is 2.05. The van der Waals surface area contributed by atoms with E-state index in [1.165, 1.54) is 0 Å². The summed E-state index contributed by atoms with van der Waals surface area (Å²) < 4.78 is 0. The van der Waals surface area contributed by atoms with Crippen LogP contribution in [0.4, 0.5) is 0 Å². The number of amides is 1. The lowest BCUT2D eigenvalue weighted by Gasteiger charge is -2.02. The smallest absolute Gasteiger partial charge is 0.248 e. The van der Waals surface area contributed by atoms with Gasteiger partial charge in [-0.05, 0) is 30.8 Å². The molecule has 72 valence electrons. The quantitative estimate of drug-likeness (QED) is 0.519. The van der Waals surface area contributed by atoms with Crippen LogP contribution in [-0.4, -0.2) is 24.9 Å². The largest absolute Gasteiger partial charge is 0.383 e. The molecule has 0 aromatic rings. The molecule has 0 aliphatic heterocycles. The number of primary amides is 1. The molecule has 0 atom stereocenters. The zero-order valence-electron chi connectivity index (χ0n) is 8.37. The van der Waals surface area contributed by atoms with Crippen molar-refractivity contribution >= 4 is 5.91 Å². The number of hydrogen-bond acceptors (Lipinski definition) is 2. The Morgan fingerprint density at radius 1 is 1.46 bits per heavy atom. The molecule has 0 aromatic heterocycles. The molecule has 1 amide bonds. The van der Waals surface area contributed by atoms with Crippen molar-refractivity contribution in [2.75, 3.05) is 14.1 Å². The lowest BCUT2D eigenvalue weighted by Crippen LogP contribution is -2.14. The summed E-state index contributed by atoms with van der Waals surface area (Å²) in [6.07, 6.45) is 5.24. The highest BCUT2D eigenvalue weighted by Gasteiger charge is 2.02. The minimum atomic E-state index is -0.448. The van der Waals surface area contributed by atoms with Crippen LogP contribution in [0.25, 0.3) is 0 Å². The van der Waals surface area contributed by atoms with Gasteiger partial charge >= 0.3 is 0 Å². The van der Waals surface area contributed by atoms with E-state index in [0.717, 1.165) is 0 Å². The highest BCUT2D eigenvalue weighted by molar-refractivity contribution is 5.96. The summed E-state index contributed by atoms with van der Waals surface area (Å²) >= 11 is 0. The van der Waals surface area contributed by atoms with Gasteiger partial charge in [0.2, 0.25) is 5.91 Å². The number of hydrogen-bond donors (Lipinski definition) is 1. The minimum Gasteiger partial charge on any atom is -0.383 e. The maximum absolute atomic E-state index is 10.9. The third-order valence-corrected chi connectivity index (χ3v) is 1.37. The van der Waals surface area contributed by atoms with Crippen LogP contribution in [0.3, 0.4) is 0 Å². The fourth-order valence-electron chi connectivity index (χ4n) is 0.746. The van der Waals surface area contributed by atoms with E-state index < -0.39 is 5.91 Å². The number of carbonyl (C=O) groups excluding carboxylic acids is 1. The molecule has 13 heavy (non-hydrogen) atoms. The van der Waals surface area contributed by atoms with Gasteiger partial charge in [-0.2, -0.15) is 0 Å². The van der Waals surface area contributed by atoms with Gasteiger partial charge in [0.15, 0.2) is 0 Å². The molecule has 0 aliphatic rings. The second-order valence-corrected chi connectivity index (χ2v) is 3.03. The zero-order valence-corrected chi connectivity index (χ0v) is 8.37. The molecule has 0 bridgehead atoms. The standard InChI is InChI=1S/C10H16N2O/c1-8(2)9(10(11)13)6-5-7-12(3)4/h5-7H,1H2,2-4H3,(H2,11,13)/b7-5+,9-6+.